The minimum absolute atomic E-state index is 0.0265. The summed E-state index contributed by atoms with van der Waals surface area (Å²) in [4.78, 5) is 22.2. The van der Waals surface area contributed by atoms with Crippen molar-refractivity contribution in [3.8, 4) is 0 Å². The van der Waals surface area contributed by atoms with Gasteiger partial charge in [0.2, 0.25) is 5.91 Å². The molecule has 18 heavy (non-hydrogen) atoms. The molecule has 1 heterocycles. The predicted octanol–water partition coefficient (Wildman–Crippen LogP) is 0.0587. The third-order valence-corrected chi connectivity index (χ3v) is 2.78. The molecular formula is C11H14N4O3. The van der Waals surface area contributed by atoms with Gasteiger partial charge in [-0.3, -0.25) is 4.79 Å². The molecule has 1 aromatic heterocycles. The minimum Gasteiger partial charge on any atom is -0.476 e. The van der Waals surface area contributed by atoms with Crippen LogP contribution in [0.5, 0.6) is 0 Å². The van der Waals surface area contributed by atoms with Gasteiger partial charge in [-0.05, 0) is 12.8 Å². The van der Waals surface area contributed by atoms with Crippen molar-refractivity contribution >= 4 is 11.9 Å². The smallest absolute Gasteiger partial charge is 0.358 e. The number of nitrogens with zero attached hydrogens (tertiary/aromatic N) is 3. The molecule has 0 spiro atoms. The third-order valence-electron chi connectivity index (χ3n) is 2.78. The van der Waals surface area contributed by atoms with Gasteiger partial charge in [-0.1, -0.05) is 17.4 Å². The van der Waals surface area contributed by atoms with Gasteiger partial charge < -0.3 is 10.4 Å². The van der Waals surface area contributed by atoms with Gasteiger partial charge in [0.1, 0.15) is 0 Å². The van der Waals surface area contributed by atoms with E-state index in [1.807, 2.05) is 12.2 Å². The highest BCUT2D eigenvalue weighted by Gasteiger charge is 2.18. The van der Waals surface area contributed by atoms with Crippen molar-refractivity contribution in [2.45, 2.75) is 19.4 Å². The van der Waals surface area contributed by atoms with Crippen molar-refractivity contribution in [3.63, 3.8) is 0 Å². The summed E-state index contributed by atoms with van der Waals surface area (Å²) in [6.07, 6.45) is 6.92. The highest BCUT2D eigenvalue weighted by molar-refractivity contribution is 5.84. The Morgan fingerprint density at radius 2 is 2.17 bits per heavy atom. The summed E-state index contributed by atoms with van der Waals surface area (Å²) in [6.45, 7) is 0.823. The third kappa shape index (κ3) is 2.93. The van der Waals surface area contributed by atoms with Crippen LogP contribution in [0.2, 0.25) is 0 Å². The summed E-state index contributed by atoms with van der Waals surface area (Å²) < 4.78 is 1.40. The second-order valence-electron chi connectivity index (χ2n) is 4.10. The molecule has 0 aliphatic heterocycles. The number of aromatic carboxylic acids is 1. The SMILES string of the molecule is O=C(O)c1cn(CCNC(=O)C2CC=CC2)nn1. The first-order valence-corrected chi connectivity index (χ1v) is 5.73. The fourth-order valence-electron chi connectivity index (χ4n) is 1.77. The lowest BCUT2D eigenvalue weighted by Crippen LogP contribution is -2.32. The number of allylic oxidation sites excluding steroid dienone is 2. The first kappa shape index (κ1) is 12.3. The molecule has 1 aromatic rings. The average molecular weight is 250 g/mol. The maximum atomic E-state index is 11.7. The Morgan fingerprint density at radius 1 is 1.44 bits per heavy atom. The number of hydrogen-bond acceptors (Lipinski definition) is 4. The van der Waals surface area contributed by atoms with E-state index >= 15 is 0 Å². The lowest BCUT2D eigenvalue weighted by Gasteiger charge is -2.09. The standard InChI is InChI=1S/C11H14N4O3/c16-10(8-3-1-2-4-8)12-5-6-15-7-9(11(17)18)13-14-15/h1-2,7-8H,3-6H2,(H,12,16)(H,17,18). The number of amides is 1. The lowest BCUT2D eigenvalue weighted by molar-refractivity contribution is -0.124. The van der Waals surface area contributed by atoms with Crippen molar-refractivity contribution in [2.24, 2.45) is 5.92 Å². The van der Waals surface area contributed by atoms with Gasteiger partial charge in [0.25, 0.3) is 0 Å². The van der Waals surface area contributed by atoms with E-state index in [2.05, 4.69) is 15.6 Å². The second kappa shape index (κ2) is 5.44. The molecule has 7 nitrogen and oxygen atoms in total. The zero-order chi connectivity index (χ0) is 13.0. The van der Waals surface area contributed by atoms with E-state index in [9.17, 15) is 9.59 Å². The lowest BCUT2D eigenvalue weighted by atomic mass is 10.1. The van der Waals surface area contributed by atoms with E-state index in [0.29, 0.717) is 13.1 Å². The summed E-state index contributed by atoms with van der Waals surface area (Å²) in [6, 6.07) is 0. The molecule has 2 rings (SSSR count). The number of rotatable bonds is 5. The van der Waals surface area contributed by atoms with Gasteiger partial charge in [-0.2, -0.15) is 0 Å². The van der Waals surface area contributed by atoms with E-state index in [-0.39, 0.29) is 17.5 Å². The van der Waals surface area contributed by atoms with Crippen LogP contribution in [0.25, 0.3) is 0 Å². The molecule has 0 fully saturated rings. The Morgan fingerprint density at radius 3 is 2.78 bits per heavy atom. The van der Waals surface area contributed by atoms with Gasteiger partial charge in [0.15, 0.2) is 5.69 Å². The molecule has 96 valence electrons. The van der Waals surface area contributed by atoms with E-state index in [0.717, 1.165) is 12.8 Å². The number of hydrogen-bond donors (Lipinski definition) is 2. The van der Waals surface area contributed by atoms with E-state index < -0.39 is 5.97 Å². The summed E-state index contributed by atoms with van der Waals surface area (Å²) in [5.74, 6) is -1.05. The molecule has 1 aliphatic rings. The van der Waals surface area contributed by atoms with Crippen molar-refractivity contribution in [2.75, 3.05) is 6.54 Å². The summed E-state index contributed by atoms with van der Waals surface area (Å²) in [5, 5.41) is 18.6. The molecule has 1 aliphatic carbocycles. The molecule has 0 bridgehead atoms. The first-order valence-electron chi connectivity index (χ1n) is 5.73. The summed E-state index contributed by atoms with van der Waals surface area (Å²) in [5.41, 5.74) is -0.0960. The Balaban J connectivity index is 1.74. The van der Waals surface area contributed by atoms with Gasteiger partial charge in [0, 0.05) is 12.5 Å². The van der Waals surface area contributed by atoms with Crippen LogP contribution < -0.4 is 5.32 Å². The number of carboxylic acids is 1. The molecule has 0 saturated carbocycles. The number of carbonyl (C=O) groups excluding carboxylic acids is 1. The van der Waals surface area contributed by atoms with Crippen molar-refractivity contribution in [1.29, 1.82) is 0 Å². The fourth-order valence-corrected chi connectivity index (χ4v) is 1.77. The van der Waals surface area contributed by atoms with Crippen molar-refractivity contribution < 1.29 is 14.7 Å². The normalized spacial score (nSPS) is 14.9. The Kier molecular flexibility index (Phi) is 3.71. The maximum Gasteiger partial charge on any atom is 0.358 e. The van der Waals surface area contributed by atoms with Crippen LogP contribution in [0.3, 0.4) is 0 Å². The summed E-state index contributed by atoms with van der Waals surface area (Å²) >= 11 is 0. The Bertz CT molecular complexity index is 472. The quantitative estimate of drug-likeness (QED) is 0.720. The van der Waals surface area contributed by atoms with Crippen molar-refractivity contribution in [1.82, 2.24) is 20.3 Å². The molecule has 1 amide bonds. The van der Waals surface area contributed by atoms with Crippen LogP contribution in [0.1, 0.15) is 23.3 Å². The number of carbonyl (C=O) groups is 2. The average Bonchev–Trinajstić information content (AvgIpc) is 3.00. The number of carboxylic acid groups (broad SMARTS) is 1. The highest BCUT2D eigenvalue weighted by Crippen LogP contribution is 2.17. The van der Waals surface area contributed by atoms with Crippen molar-refractivity contribution in [3.05, 3.63) is 24.0 Å². The second-order valence-corrected chi connectivity index (χ2v) is 4.10. The molecule has 0 unspecified atom stereocenters. The van der Waals surface area contributed by atoms with Crippen LogP contribution in [0, 0.1) is 5.92 Å². The van der Waals surface area contributed by atoms with E-state index in [1.165, 1.54) is 10.9 Å². The minimum atomic E-state index is -1.11. The van der Waals surface area contributed by atoms with Crippen LogP contribution in [-0.4, -0.2) is 38.5 Å². The molecule has 7 heteroatoms. The first-order chi connectivity index (χ1) is 8.66. The monoisotopic (exact) mass is 250 g/mol. The Labute approximate surface area is 103 Å². The molecule has 0 saturated heterocycles. The van der Waals surface area contributed by atoms with E-state index in [4.69, 9.17) is 5.11 Å². The van der Waals surface area contributed by atoms with Gasteiger partial charge in [-0.25, -0.2) is 9.48 Å². The van der Waals surface area contributed by atoms with Gasteiger partial charge in [0.05, 0.1) is 12.7 Å². The zero-order valence-corrected chi connectivity index (χ0v) is 9.74. The van der Waals surface area contributed by atoms with Crippen LogP contribution >= 0.6 is 0 Å². The maximum absolute atomic E-state index is 11.7. The highest BCUT2D eigenvalue weighted by atomic mass is 16.4. The van der Waals surface area contributed by atoms with Crippen LogP contribution in [0.4, 0.5) is 0 Å². The molecule has 0 atom stereocenters. The molecular weight excluding hydrogens is 236 g/mol. The van der Waals surface area contributed by atoms with Gasteiger partial charge >= 0.3 is 5.97 Å². The molecule has 2 N–H and O–H groups in total. The largest absolute Gasteiger partial charge is 0.476 e. The molecule has 0 aromatic carbocycles. The van der Waals surface area contributed by atoms with E-state index in [1.54, 1.807) is 0 Å². The molecule has 0 radical (unpaired) electrons. The Hall–Kier alpha value is -2.18. The van der Waals surface area contributed by atoms with Gasteiger partial charge in [-0.15, -0.1) is 5.10 Å². The van der Waals surface area contributed by atoms with Crippen LogP contribution in [-0.2, 0) is 11.3 Å². The zero-order valence-electron chi connectivity index (χ0n) is 9.74. The summed E-state index contributed by atoms with van der Waals surface area (Å²) in [7, 11) is 0. The number of nitrogens with one attached hydrogen (secondary N) is 1. The fraction of sp³-hybridized carbons (Fsp3) is 0.455. The predicted molar refractivity (Wildman–Crippen MR) is 61.9 cm³/mol. The van der Waals surface area contributed by atoms with Crippen LogP contribution in [0.15, 0.2) is 18.3 Å². The number of aromatic nitrogens is 3. The topological polar surface area (TPSA) is 97.1 Å².